The Hall–Kier alpha value is 8.20. The van der Waals surface area contributed by atoms with E-state index in [4.69, 9.17) is 91.9 Å². The Morgan fingerprint density at radius 1 is 0.243 bits per heavy atom. The molecule has 0 unspecified atom stereocenters. The van der Waals surface area contributed by atoms with Gasteiger partial charge in [-0.2, -0.15) is 0 Å². The van der Waals surface area contributed by atoms with Gasteiger partial charge in [0.15, 0.2) is 0 Å². The van der Waals surface area contributed by atoms with Crippen molar-refractivity contribution >= 4 is 384 Å². The Morgan fingerprint density at radius 3 is 0.243 bits per heavy atom. The molecule has 0 aliphatic carbocycles. The molecule has 0 radical (unpaired) electrons. The van der Waals surface area contributed by atoms with E-state index < -0.39 is 30.5 Å². The average molecular weight is 690 g/mol. The third-order valence-corrected chi connectivity index (χ3v) is 0. The van der Waals surface area contributed by atoms with Crippen molar-refractivity contribution in [2.45, 2.75) is 0 Å². The molecule has 0 rings (SSSR count). The van der Waals surface area contributed by atoms with Crippen molar-refractivity contribution in [1.29, 1.82) is 0 Å². The fraction of sp³-hybridized carbons (Fsp3) is 0. The van der Waals surface area contributed by atoms with E-state index in [2.05, 4.69) is 0 Å². The second-order valence-electron chi connectivity index (χ2n) is 1.43. The van der Waals surface area contributed by atoms with Crippen LogP contribution in [0.2, 0.25) is 0 Å². The molecular formula is H19N6Na13O18. The van der Waals surface area contributed by atoms with Gasteiger partial charge in [0, 0.05) is 0 Å². The van der Waals surface area contributed by atoms with Crippen molar-refractivity contribution in [3.63, 3.8) is 0 Å². The summed E-state index contributed by atoms with van der Waals surface area (Å²) in [5.74, 6) is 0. The van der Waals surface area contributed by atoms with Crippen molar-refractivity contribution in [2.75, 3.05) is 0 Å². The molecule has 6 N–H and O–H groups in total. The van der Waals surface area contributed by atoms with Crippen LogP contribution in [0.1, 0.15) is 0 Å². The molecule has 0 spiro atoms. The first-order valence-corrected chi connectivity index (χ1v) is 3.39. The zero-order valence-corrected chi connectivity index (χ0v) is 10.3. The molecule has 170 valence electrons. The molecule has 37 heavy (non-hydrogen) atoms. The van der Waals surface area contributed by atoms with E-state index in [-0.39, 0.29) is 384 Å². The van der Waals surface area contributed by atoms with Gasteiger partial charge in [-0.25, -0.2) is 0 Å². The van der Waals surface area contributed by atoms with Crippen molar-refractivity contribution in [3.8, 4) is 0 Å². The maximum atomic E-state index is 8.36. The number of rotatable bonds is 0. The van der Waals surface area contributed by atoms with Crippen LogP contribution in [-0.4, -0.2) is 446 Å². The zero-order valence-electron chi connectivity index (χ0n) is 10.3. The molecule has 0 atom stereocenters. The van der Waals surface area contributed by atoms with Crippen molar-refractivity contribution in [2.24, 2.45) is 0 Å². The van der Waals surface area contributed by atoms with Gasteiger partial charge < -0.3 is 31.2 Å². The molecular weight excluding hydrogens is 671 g/mol. The van der Waals surface area contributed by atoms with Crippen molar-refractivity contribution in [3.05, 3.63) is 60.7 Å². The SMILES string of the molecule is O=[N+]([O-])O.O=[N+]([O-])O.O=[N+]([O-])O.O=[N+]([O-])O.O=[N+]([O-])O.O=[N+]([O-])O.[NaH].[NaH].[NaH].[NaH].[NaH].[NaH].[NaH].[NaH].[NaH].[NaH].[NaH].[NaH].[NaH]. The Morgan fingerprint density at radius 2 is 0.243 bits per heavy atom. The third kappa shape index (κ3) is 1170. The zero-order chi connectivity index (χ0) is 21.5. The second-order valence-corrected chi connectivity index (χ2v) is 1.43. The summed E-state index contributed by atoms with van der Waals surface area (Å²) in [6.45, 7) is 0. The van der Waals surface area contributed by atoms with Crippen LogP contribution in [0, 0.1) is 60.7 Å². The summed E-state index contributed by atoms with van der Waals surface area (Å²) in [5.41, 5.74) is 0. The predicted octanol–water partition coefficient (Wildman–Crippen LogP) is -10.5. The molecule has 0 fully saturated rings. The second kappa shape index (κ2) is 120. The predicted molar refractivity (Wildman–Crippen MR) is 146 cm³/mol. The van der Waals surface area contributed by atoms with Crippen LogP contribution < -0.4 is 0 Å². The fourth-order valence-electron chi connectivity index (χ4n) is 0. The van der Waals surface area contributed by atoms with Crippen LogP contribution in [0.3, 0.4) is 0 Å². The minimum atomic E-state index is -1.50. The number of hydrogen-bond acceptors (Lipinski definition) is 12. The van der Waals surface area contributed by atoms with Gasteiger partial charge in [0.2, 0.25) is 0 Å². The molecule has 0 saturated carbocycles. The molecule has 0 amide bonds. The quantitative estimate of drug-likeness (QED) is 0.0780. The molecule has 0 bridgehead atoms. The Balaban J connectivity index is -0.00000000578. The van der Waals surface area contributed by atoms with Gasteiger partial charge >= 0.3 is 384 Å². The summed E-state index contributed by atoms with van der Waals surface area (Å²) in [6, 6.07) is 0. The van der Waals surface area contributed by atoms with Crippen LogP contribution >= 0.6 is 0 Å². The Labute approximate surface area is 493 Å². The van der Waals surface area contributed by atoms with Crippen LogP contribution in [-0.2, 0) is 0 Å². The maximum absolute atomic E-state index is 8.36. The summed E-state index contributed by atoms with van der Waals surface area (Å²) >= 11 is 0. The molecule has 0 aromatic heterocycles. The van der Waals surface area contributed by atoms with Gasteiger partial charge in [0.1, 0.15) is 0 Å². The first-order valence-electron chi connectivity index (χ1n) is 3.39. The van der Waals surface area contributed by atoms with Crippen LogP contribution in [0.25, 0.3) is 0 Å². The molecule has 0 saturated heterocycles. The third-order valence-electron chi connectivity index (χ3n) is 0. The van der Waals surface area contributed by atoms with Gasteiger partial charge in [-0.05, 0) is 0 Å². The topological polar surface area (TPSA) is 380 Å². The van der Waals surface area contributed by atoms with E-state index in [0.29, 0.717) is 0 Å². The average Bonchev–Trinajstić information content (AvgIpc) is 2.08. The summed E-state index contributed by atoms with van der Waals surface area (Å²) in [5, 5.41) is 81.8. The van der Waals surface area contributed by atoms with E-state index in [1.807, 2.05) is 0 Å². The van der Waals surface area contributed by atoms with Crippen LogP contribution in [0.5, 0.6) is 0 Å². The fourth-order valence-corrected chi connectivity index (χ4v) is 0. The van der Waals surface area contributed by atoms with Gasteiger partial charge in [-0.1, -0.05) is 0 Å². The van der Waals surface area contributed by atoms with E-state index in [0.717, 1.165) is 0 Å². The van der Waals surface area contributed by atoms with Gasteiger partial charge in [0.05, 0.1) is 0 Å². The standard InChI is InChI=1S/6HNO3.13Na.13H/c6*2-1(3)4;;;;;;;;;;;;;;;;;;;;;;;;;;/h6*(H,2,3,4);;;;;;;;;;;;;;;;;;;;;;;;;;. The van der Waals surface area contributed by atoms with Crippen molar-refractivity contribution in [1.82, 2.24) is 0 Å². The van der Waals surface area contributed by atoms with E-state index >= 15 is 0 Å². The van der Waals surface area contributed by atoms with Crippen molar-refractivity contribution < 1.29 is 61.8 Å². The van der Waals surface area contributed by atoms with Crippen LogP contribution in [0.4, 0.5) is 0 Å². The normalized spacial score (nSPS) is 3.89. The summed E-state index contributed by atoms with van der Waals surface area (Å²) in [6.07, 6.45) is 0. The molecule has 0 heterocycles. The first-order chi connectivity index (χ1) is 10.4. The molecule has 0 aliphatic heterocycles. The number of nitrogens with zero attached hydrogens (tertiary/aromatic N) is 6. The van der Waals surface area contributed by atoms with E-state index in [9.17, 15) is 0 Å². The summed E-state index contributed by atoms with van der Waals surface area (Å²) in [7, 11) is 0. The first kappa shape index (κ1) is 129. The van der Waals surface area contributed by atoms with E-state index in [1.54, 1.807) is 0 Å². The molecule has 0 aliphatic rings. The van der Waals surface area contributed by atoms with Gasteiger partial charge in [0.25, 0.3) is 30.5 Å². The van der Waals surface area contributed by atoms with E-state index in [1.165, 1.54) is 0 Å². The van der Waals surface area contributed by atoms with Gasteiger partial charge in [-0.15, -0.1) is 60.7 Å². The monoisotopic (exact) mass is 690 g/mol. The Bertz CT molecular complexity index is 285. The minimum absolute atomic E-state index is 0. The summed E-state index contributed by atoms with van der Waals surface area (Å²) < 4.78 is 0. The number of hydrogen-bond donors (Lipinski definition) is 6. The molecule has 37 heteroatoms. The van der Waals surface area contributed by atoms with Crippen LogP contribution in [0.15, 0.2) is 0 Å². The van der Waals surface area contributed by atoms with Gasteiger partial charge in [-0.3, -0.25) is 0 Å². The molecule has 0 aromatic carbocycles. The Kier molecular flexibility index (Phi) is 418. The molecule has 0 aromatic rings. The molecule has 24 nitrogen and oxygen atoms in total. The summed E-state index contributed by atoms with van der Waals surface area (Å²) in [4.78, 5) is 50.2.